The van der Waals surface area contributed by atoms with Crippen molar-refractivity contribution >= 4 is 5.57 Å². The van der Waals surface area contributed by atoms with E-state index in [2.05, 4.69) is 25.2 Å². The van der Waals surface area contributed by atoms with Crippen LogP contribution in [0.3, 0.4) is 0 Å². The van der Waals surface area contributed by atoms with Crippen LogP contribution in [0.1, 0.15) is 73.3 Å². The minimum Gasteiger partial charge on any atom is -0.496 e. The first kappa shape index (κ1) is 26.1. The zero-order valence-electron chi connectivity index (χ0n) is 19.5. The van der Waals surface area contributed by atoms with Crippen LogP contribution in [-0.2, 0) is 18.9 Å². The Labute approximate surface area is 196 Å². The van der Waals surface area contributed by atoms with Gasteiger partial charge in [0.2, 0.25) is 0 Å². The van der Waals surface area contributed by atoms with Gasteiger partial charge in [-0.25, -0.2) is 0 Å². The normalized spacial score (nSPS) is 15.2. The van der Waals surface area contributed by atoms with Gasteiger partial charge in [0, 0.05) is 18.7 Å². The number of ether oxygens (including phenoxy) is 1. The maximum Gasteiger partial charge on any atom is 0.416 e. The molecule has 1 aliphatic rings. The third kappa shape index (κ3) is 6.34. The molecule has 0 aromatic heterocycles. The standard InChI is InChI=1S/C26H29F6NO/c1-16(2)18-8-9-24(34-3)23(12-18)22-7-5-4-6-19(22)15-33-14-17-10-20(25(27,28)29)13-21(11-17)26(30,31)32/h8-13,16,33H,4-7,14-15H2,1-3H3. The van der Waals surface area contributed by atoms with E-state index in [1.807, 2.05) is 12.1 Å². The lowest BCUT2D eigenvalue weighted by atomic mass is 9.85. The molecule has 0 saturated carbocycles. The minimum atomic E-state index is -4.85. The summed E-state index contributed by atoms with van der Waals surface area (Å²) < 4.78 is 84.4. The largest absolute Gasteiger partial charge is 0.496 e. The highest BCUT2D eigenvalue weighted by atomic mass is 19.4. The maximum absolute atomic E-state index is 13.1. The third-order valence-electron chi connectivity index (χ3n) is 6.11. The molecule has 0 radical (unpaired) electrons. The van der Waals surface area contributed by atoms with Gasteiger partial charge in [0.1, 0.15) is 5.75 Å². The van der Waals surface area contributed by atoms with E-state index in [1.165, 1.54) is 5.56 Å². The molecule has 1 aliphatic carbocycles. The molecule has 2 aromatic rings. The summed E-state index contributed by atoms with van der Waals surface area (Å²) in [5, 5.41) is 3.07. The number of alkyl halides is 6. The van der Waals surface area contributed by atoms with Gasteiger partial charge in [0.25, 0.3) is 0 Å². The number of nitrogens with one attached hydrogen (secondary N) is 1. The quantitative estimate of drug-likeness (QED) is 0.402. The molecule has 3 rings (SSSR count). The van der Waals surface area contributed by atoms with Crippen LogP contribution in [-0.4, -0.2) is 13.7 Å². The van der Waals surface area contributed by atoms with Crippen LogP contribution in [0.2, 0.25) is 0 Å². The van der Waals surface area contributed by atoms with Gasteiger partial charge in [0.15, 0.2) is 0 Å². The molecular formula is C26H29F6NO. The Balaban J connectivity index is 1.87. The molecule has 2 nitrogen and oxygen atoms in total. The highest BCUT2D eigenvalue weighted by molar-refractivity contribution is 5.74. The zero-order valence-corrected chi connectivity index (χ0v) is 19.5. The van der Waals surface area contributed by atoms with Crippen LogP contribution in [0.25, 0.3) is 5.57 Å². The summed E-state index contributed by atoms with van der Waals surface area (Å²) >= 11 is 0. The van der Waals surface area contributed by atoms with Gasteiger partial charge in [-0.2, -0.15) is 26.3 Å². The SMILES string of the molecule is COc1ccc(C(C)C)cc1C1=C(CNCc2cc(C(F)(F)F)cc(C(F)(F)F)c2)CCCC1. The molecule has 186 valence electrons. The second kappa shape index (κ2) is 10.4. The fraction of sp³-hybridized carbons (Fsp3) is 0.462. The summed E-state index contributed by atoms with van der Waals surface area (Å²) in [6.07, 6.45) is -6.06. The van der Waals surface area contributed by atoms with Crippen LogP contribution >= 0.6 is 0 Å². The fourth-order valence-corrected chi connectivity index (χ4v) is 4.29. The van der Waals surface area contributed by atoms with Gasteiger partial charge in [-0.3, -0.25) is 0 Å². The number of hydrogen-bond donors (Lipinski definition) is 1. The Kier molecular flexibility index (Phi) is 8.01. The zero-order chi connectivity index (χ0) is 25.1. The molecule has 0 heterocycles. The summed E-state index contributed by atoms with van der Waals surface area (Å²) in [4.78, 5) is 0. The number of allylic oxidation sites excluding steroid dienone is 1. The predicted octanol–water partition coefficient (Wildman–Crippen LogP) is 7.97. The van der Waals surface area contributed by atoms with E-state index in [0.29, 0.717) is 12.5 Å². The Morgan fingerprint density at radius 1 is 0.853 bits per heavy atom. The van der Waals surface area contributed by atoms with E-state index >= 15 is 0 Å². The lowest BCUT2D eigenvalue weighted by molar-refractivity contribution is -0.143. The van der Waals surface area contributed by atoms with Gasteiger partial charge < -0.3 is 10.1 Å². The van der Waals surface area contributed by atoms with E-state index in [4.69, 9.17) is 4.74 Å². The maximum atomic E-state index is 13.1. The van der Waals surface area contributed by atoms with E-state index in [-0.39, 0.29) is 18.2 Å². The lowest BCUT2D eigenvalue weighted by Gasteiger charge is -2.24. The Hall–Kier alpha value is -2.48. The smallest absolute Gasteiger partial charge is 0.416 e. The van der Waals surface area contributed by atoms with Crippen molar-refractivity contribution in [2.24, 2.45) is 0 Å². The van der Waals surface area contributed by atoms with E-state index < -0.39 is 23.5 Å². The van der Waals surface area contributed by atoms with Gasteiger partial charge in [-0.15, -0.1) is 0 Å². The van der Waals surface area contributed by atoms with Gasteiger partial charge >= 0.3 is 12.4 Å². The van der Waals surface area contributed by atoms with E-state index in [1.54, 1.807) is 7.11 Å². The molecule has 0 spiro atoms. The van der Waals surface area contributed by atoms with E-state index in [0.717, 1.165) is 60.3 Å². The average Bonchev–Trinajstić information content (AvgIpc) is 2.77. The number of halogens is 6. The van der Waals surface area contributed by atoms with Gasteiger partial charge in [-0.05, 0) is 78.6 Å². The molecule has 0 aliphatic heterocycles. The number of hydrogen-bond acceptors (Lipinski definition) is 2. The second-order valence-corrected chi connectivity index (χ2v) is 8.92. The first-order valence-electron chi connectivity index (χ1n) is 11.3. The summed E-state index contributed by atoms with van der Waals surface area (Å²) in [6.45, 7) is 4.48. The highest BCUT2D eigenvalue weighted by Gasteiger charge is 2.36. The van der Waals surface area contributed by atoms with Crippen LogP contribution in [0.5, 0.6) is 5.75 Å². The number of rotatable bonds is 7. The topological polar surface area (TPSA) is 21.3 Å². The van der Waals surface area contributed by atoms with Gasteiger partial charge in [-0.1, -0.05) is 25.5 Å². The van der Waals surface area contributed by atoms with Crippen molar-refractivity contribution in [1.29, 1.82) is 0 Å². The molecule has 0 unspecified atom stereocenters. The van der Waals surface area contributed by atoms with E-state index in [9.17, 15) is 26.3 Å². The molecule has 0 bridgehead atoms. The van der Waals surface area contributed by atoms with Crippen molar-refractivity contribution < 1.29 is 31.1 Å². The van der Waals surface area contributed by atoms with Crippen LogP contribution in [0.15, 0.2) is 42.0 Å². The lowest BCUT2D eigenvalue weighted by Crippen LogP contribution is -2.20. The average molecular weight is 486 g/mol. The van der Waals surface area contributed by atoms with Crippen LogP contribution < -0.4 is 10.1 Å². The van der Waals surface area contributed by atoms with Crippen molar-refractivity contribution in [1.82, 2.24) is 5.32 Å². The van der Waals surface area contributed by atoms with Crippen molar-refractivity contribution in [2.75, 3.05) is 13.7 Å². The predicted molar refractivity (Wildman–Crippen MR) is 121 cm³/mol. The number of benzene rings is 2. The first-order valence-corrected chi connectivity index (χ1v) is 11.3. The third-order valence-corrected chi connectivity index (χ3v) is 6.11. The molecule has 1 N–H and O–H groups in total. The molecule has 0 fully saturated rings. The van der Waals surface area contributed by atoms with Crippen molar-refractivity contribution in [2.45, 2.75) is 64.3 Å². The second-order valence-electron chi connectivity index (χ2n) is 8.92. The highest BCUT2D eigenvalue weighted by Crippen LogP contribution is 2.39. The van der Waals surface area contributed by atoms with Crippen molar-refractivity contribution in [3.8, 4) is 5.75 Å². The van der Waals surface area contributed by atoms with Crippen LogP contribution in [0, 0.1) is 0 Å². The fourth-order valence-electron chi connectivity index (χ4n) is 4.29. The van der Waals surface area contributed by atoms with Crippen molar-refractivity contribution in [3.05, 3.63) is 69.8 Å². The molecular weight excluding hydrogens is 456 g/mol. The summed E-state index contributed by atoms with van der Waals surface area (Å²) in [5.41, 5.74) is 1.76. The molecule has 0 saturated heterocycles. The molecule has 34 heavy (non-hydrogen) atoms. The Morgan fingerprint density at radius 3 is 2.03 bits per heavy atom. The molecule has 2 aromatic carbocycles. The minimum absolute atomic E-state index is 0.0560. The van der Waals surface area contributed by atoms with Crippen molar-refractivity contribution in [3.63, 3.8) is 0 Å². The van der Waals surface area contributed by atoms with Gasteiger partial charge in [0.05, 0.1) is 18.2 Å². The molecule has 0 atom stereocenters. The van der Waals surface area contributed by atoms with Crippen LogP contribution in [0.4, 0.5) is 26.3 Å². The molecule has 8 heteroatoms. The summed E-state index contributed by atoms with van der Waals surface area (Å²) in [6, 6.07) is 7.78. The first-order chi connectivity index (χ1) is 15.9. The summed E-state index contributed by atoms with van der Waals surface area (Å²) in [5.74, 6) is 1.09. The molecule has 0 amide bonds. The monoisotopic (exact) mass is 485 g/mol. The number of methoxy groups -OCH3 is 1. The summed E-state index contributed by atoms with van der Waals surface area (Å²) in [7, 11) is 1.61. The Bertz CT molecular complexity index is 1000. The Morgan fingerprint density at radius 2 is 1.47 bits per heavy atom.